The first-order chi connectivity index (χ1) is 18.8. The zero-order valence-corrected chi connectivity index (χ0v) is 23.3. The third kappa shape index (κ3) is 5.94. The SMILES string of the molecule is Cc1cc(C)c(-c2[c]ccc(C)c2C(=O)Nc2cnc(Nc3ccc(N4CCN(C)CC4)cc3)nc2)c(C)c1. The smallest absolute Gasteiger partial charge is 0.256 e. The van der Waals surface area contributed by atoms with Crippen molar-refractivity contribution in [3.8, 4) is 11.1 Å². The van der Waals surface area contributed by atoms with Crippen LogP contribution in [0.2, 0.25) is 0 Å². The van der Waals surface area contributed by atoms with Crippen LogP contribution in [0.25, 0.3) is 11.1 Å². The fraction of sp³-hybridized carbons (Fsp3) is 0.281. The van der Waals surface area contributed by atoms with Crippen molar-refractivity contribution in [1.29, 1.82) is 0 Å². The van der Waals surface area contributed by atoms with Gasteiger partial charge in [-0.15, -0.1) is 0 Å². The molecule has 0 bridgehead atoms. The van der Waals surface area contributed by atoms with E-state index in [0.29, 0.717) is 17.2 Å². The number of hydrogen-bond donors (Lipinski definition) is 2. The van der Waals surface area contributed by atoms with Crippen LogP contribution in [0.15, 0.2) is 60.9 Å². The van der Waals surface area contributed by atoms with Crippen LogP contribution in [-0.4, -0.2) is 54.0 Å². The van der Waals surface area contributed by atoms with Gasteiger partial charge in [0.25, 0.3) is 5.91 Å². The molecule has 1 aliphatic rings. The number of carbonyl (C=O) groups is 1. The van der Waals surface area contributed by atoms with Crippen LogP contribution in [0.3, 0.4) is 0 Å². The first-order valence-electron chi connectivity index (χ1n) is 13.3. The summed E-state index contributed by atoms with van der Waals surface area (Å²) in [4.78, 5) is 27.1. The molecular formula is C32H35N6O. The zero-order valence-electron chi connectivity index (χ0n) is 23.3. The summed E-state index contributed by atoms with van der Waals surface area (Å²) in [5.41, 5.74) is 9.45. The van der Waals surface area contributed by atoms with Gasteiger partial charge >= 0.3 is 0 Å². The predicted octanol–water partition coefficient (Wildman–Crippen LogP) is 5.93. The summed E-state index contributed by atoms with van der Waals surface area (Å²) in [6.45, 7) is 12.4. The van der Waals surface area contributed by atoms with Gasteiger partial charge in [0.1, 0.15) is 0 Å². The standard InChI is InChI=1S/C32H35N6O/c1-21-17-23(3)29(24(4)18-21)28-8-6-7-22(2)30(28)31(39)35-26-19-33-32(34-20-26)36-25-9-11-27(12-10-25)38-15-13-37(5)14-16-38/h6-7,9-12,17-20H,13-16H2,1-5H3,(H,35,39)(H,33,34,36). The van der Waals surface area contributed by atoms with Crippen molar-refractivity contribution in [1.82, 2.24) is 14.9 Å². The van der Waals surface area contributed by atoms with Crippen LogP contribution in [0.4, 0.5) is 23.0 Å². The Morgan fingerprint density at radius 2 is 1.49 bits per heavy atom. The third-order valence-corrected chi connectivity index (χ3v) is 7.26. The van der Waals surface area contributed by atoms with Gasteiger partial charge in [-0.1, -0.05) is 29.8 Å². The largest absolute Gasteiger partial charge is 0.369 e. The van der Waals surface area contributed by atoms with E-state index in [-0.39, 0.29) is 5.91 Å². The minimum absolute atomic E-state index is 0.206. The number of aromatic nitrogens is 2. The Morgan fingerprint density at radius 3 is 2.13 bits per heavy atom. The first-order valence-corrected chi connectivity index (χ1v) is 13.3. The molecule has 0 aliphatic carbocycles. The average Bonchev–Trinajstić information content (AvgIpc) is 2.90. The molecule has 1 aliphatic heterocycles. The molecule has 4 aromatic rings. The molecule has 0 saturated carbocycles. The lowest BCUT2D eigenvalue weighted by Crippen LogP contribution is -2.44. The number of amides is 1. The second kappa shape index (κ2) is 11.3. The number of aryl methyl sites for hydroxylation is 4. The molecule has 1 fully saturated rings. The Hall–Kier alpha value is -4.23. The van der Waals surface area contributed by atoms with Crippen LogP contribution in [-0.2, 0) is 0 Å². The fourth-order valence-electron chi connectivity index (χ4n) is 5.27. The molecule has 0 spiro atoms. The van der Waals surface area contributed by atoms with E-state index in [1.807, 2.05) is 31.2 Å². The summed E-state index contributed by atoms with van der Waals surface area (Å²) in [5, 5.41) is 6.22. The molecule has 7 nitrogen and oxygen atoms in total. The molecule has 199 valence electrons. The molecule has 3 aromatic carbocycles. The Morgan fingerprint density at radius 1 is 0.846 bits per heavy atom. The Balaban J connectivity index is 1.28. The van der Waals surface area contributed by atoms with Crippen molar-refractivity contribution in [2.24, 2.45) is 0 Å². The maximum Gasteiger partial charge on any atom is 0.256 e. The number of piperazine rings is 1. The van der Waals surface area contributed by atoms with Gasteiger partial charge in [0.05, 0.1) is 23.6 Å². The van der Waals surface area contributed by atoms with Crippen molar-refractivity contribution >= 4 is 28.9 Å². The van der Waals surface area contributed by atoms with Gasteiger partial charge in [-0.3, -0.25) is 4.79 Å². The molecule has 2 N–H and O–H groups in total. The quantitative estimate of drug-likeness (QED) is 0.329. The van der Waals surface area contributed by atoms with Gasteiger partial charge in [-0.25, -0.2) is 9.97 Å². The molecule has 5 rings (SSSR count). The zero-order chi connectivity index (χ0) is 27.5. The number of nitrogens with zero attached hydrogens (tertiary/aromatic N) is 4. The average molecular weight is 520 g/mol. The molecule has 1 saturated heterocycles. The summed E-state index contributed by atoms with van der Waals surface area (Å²) < 4.78 is 0. The number of rotatable bonds is 6. The minimum atomic E-state index is -0.206. The molecule has 1 aromatic heterocycles. The Bertz CT molecular complexity index is 1450. The topological polar surface area (TPSA) is 73.4 Å². The van der Waals surface area contributed by atoms with E-state index in [1.165, 1.54) is 11.3 Å². The second-order valence-corrected chi connectivity index (χ2v) is 10.4. The maximum absolute atomic E-state index is 13.5. The molecule has 7 heteroatoms. The molecule has 39 heavy (non-hydrogen) atoms. The van der Waals surface area contributed by atoms with E-state index < -0.39 is 0 Å². The maximum atomic E-state index is 13.5. The molecule has 1 radical (unpaired) electrons. The Labute approximate surface area is 230 Å². The van der Waals surface area contributed by atoms with E-state index >= 15 is 0 Å². The highest BCUT2D eigenvalue weighted by Gasteiger charge is 2.19. The lowest BCUT2D eigenvalue weighted by atomic mass is 9.89. The van der Waals surface area contributed by atoms with E-state index in [2.05, 4.69) is 88.6 Å². The summed E-state index contributed by atoms with van der Waals surface area (Å²) >= 11 is 0. The lowest BCUT2D eigenvalue weighted by molar-refractivity contribution is 0.102. The van der Waals surface area contributed by atoms with Crippen LogP contribution in [0, 0.1) is 33.8 Å². The number of likely N-dealkylation sites (N-methyl/N-ethyl adjacent to an activating group) is 1. The van der Waals surface area contributed by atoms with Crippen molar-refractivity contribution in [2.75, 3.05) is 48.8 Å². The van der Waals surface area contributed by atoms with Gasteiger partial charge in [-0.2, -0.15) is 0 Å². The van der Waals surface area contributed by atoms with Crippen molar-refractivity contribution in [3.05, 3.63) is 94.8 Å². The molecule has 0 atom stereocenters. The monoisotopic (exact) mass is 519 g/mol. The van der Waals surface area contributed by atoms with Crippen LogP contribution in [0.5, 0.6) is 0 Å². The van der Waals surface area contributed by atoms with Gasteiger partial charge in [0.15, 0.2) is 0 Å². The van der Waals surface area contributed by atoms with E-state index in [4.69, 9.17) is 0 Å². The second-order valence-electron chi connectivity index (χ2n) is 10.4. The number of nitrogens with one attached hydrogen (secondary N) is 2. The third-order valence-electron chi connectivity index (χ3n) is 7.26. The highest BCUT2D eigenvalue weighted by molar-refractivity contribution is 6.10. The highest BCUT2D eigenvalue weighted by atomic mass is 16.1. The van der Waals surface area contributed by atoms with Gasteiger partial charge < -0.3 is 20.4 Å². The van der Waals surface area contributed by atoms with Gasteiger partial charge in [0, 0.05) is 43.1 Å². The first kappa shape index (κ1) is 26.4. The van der Waals surface area contributed by atoms with E-state index in [1.54, 1.807) is 12.4 Å². The predicted molar refractivity (Wildman–Crippen MR) is 159 cm³/mol. The summed E-state index contributed by atoms with van der Waals surface area (Å²) in [7, 11) is 2.16. The minimum Gasteiger partial charge on any atom is -0.369 e. The number of benzene rings is 3. The van der Waals surface area contributed by atoms with Gasteiger partial charge in [0.2, 0.25) is 5.95 Å². The molecular weight excluding hydrogens is 484 g/mol. The lowest BCUT2D eigenvalue weighted by Gasteiger charge is -2.34. The van der Waals surface area contributed by atoms with Gasteiger partial charge in [-0.05, 0) is 87.3 Å². The van der Waals surface area contributed by atoms with Crippen molar-refractivity contribution < 1.29 is 4.79 Å². The summed E-state index contributed by atoms with van der Waals surface area (Å²) in [6, 6.07) is 19.7. The summed E-state index contributed by atoms with van der Waals surface area (Å²) in [6.07, 6.45) is 3.24. The van der Waals surface area contributed by atoms with Crippen LogP contribution >= 0.6 is 0 Å². The fourth-order valence-corrected chi connectivity index (χ4v) is 5.27. The molecule has 0 unspecified atom stereocenters. The van der Waals surface area contributed by atoms with E-state index in [9.17, 15) is 4.79 Å². The van der Waals surface area contributed by atoms with Crippen molar-refractivity contribution in [3.63, 3.8) is 0 Å². The van der Waals surface area contributed by atoms with Crippen LogP contribution < -0.4 is 15.5 Å². The summed E-state index contributed by atoms with van der Waals surface area (Å²) in [5.74, 6) is 0.263. The normalized spacial score (nSPS) is 13.8. The Kier molecular flexibility index (Phi) is 7.61. The highest BCUT2D eigenvalue weighted by Crippen LogP contribution is 2.33. The molecule has 1 amide bonds. The number of carbonyl (C=O) groups excluding carboxylic acids is 1. The molecule has 2 heterocycles. The van der Waals surface area contributed by atoms with E-state index in [0.717, 1.165) is 59.7 Å². The number of anilines is 4. The van der Waals surface area contributed by atoms with Crippen molar-refractivity contribution in [2.45, 2.75) is 27.7 Å². The van der Waals surface area contributed by atoms with Crippen LogP contribution in [0.1, 0.15) is 32.6 Å². The number of hydrogen-bond acceptors (Lipinski definition) is 6.